The van der Waals surface area contributed by atoms with Crippen molar-refractivity contribution in [3.63, 3.8) is 0 Å². The monoisotopic (exact) mass is 384 g/mol. The third-order valence-corrected chi connectivity index (χ3v) is 4.37. The Kier molecular flexibility index (Phi) is 5.95. The Hall–Kier alpha value is -0.0700. The zero-order valence-electron chi connectivity index (χ0n) is 9.45. The molecular formula is C11H14Br2O3S. The molecule has 0 saturated heterocycles. The van der Waals surface area contributed by atoms with Gasteiger partial charge < -0.3 is 4.74 Å². The molecule has 0 saturated carbocycles. The van der Waals surface area contributed by atoms with Crippen LogP contribution in [0.2, 0.25) is 0 Å². The standard InChI is InChI=1S/C11H14Br2O3S/c1-17(14,15)6-2-5-16-11-4-3-9(8-12)7-10(11)13/h3-4,7H,2,5-6,8H2,1H3. The second kappa shape index (κ2) is 6.75. The molecule has 0 atom stereocenters. The van der Waals surface area contributed by atoms with Gasteiger partial charge in [-0.15, -0.1) is 0 Å². The lowest BCUT2D eigenvalue weighted by atomic mass is 10.2. The van der Waals surface area contributed by atoms with Gasteiger partial charge in [0.15, 0.2) is 0 Å². The summed E-state index contributed by atoms with van der Waals surface area (Å²) in [4.78, 5) is 0. The summed E-state index contributed by atoms with van der Waals surface area (Å²) in [6.45, 7) is 0.402. The first-order valence-electron chi connectivity index (χ1n) is 5.07. The number of hydrogen-bond donors (Lipinski definition) is 0. The molecule has 0 radical (unpaired) electrons. The lowest BCUT2D eigenvalue weighted by molar-refractivity contribution is 0.316. The van der Waals surface area contributed by atoms with E-state index in [1.165, 1.54) is 6.26 Å². The second-order valence-electron chi connectivity index (χ2n) is 3.73. The number of hydrogen-bond acceptors (Lipinski definition) is 3. The molecule has 0 amide bonds. The maximum atomic E-state index is 10.9. The zero-order valence-corrected chi connectivity index (χ0v) is 13.4. The van der Waals surface area contributed by atoms with Crippen molar-refractivity contribution in [3.05, 3.63) is 28.2 Å². The number of rotatable bonds is 6. The summed E-state index contributed by atoms with van der Waals surface area (Å²) in [7, 11) is -2.90. The van der Waals surface area contributed by atoms with Gasteiger partial charge in [-0.1, -0.05) is 22.0 Å². The molecule has 1 rings (SSSR count). The fourth-order valence-electron chi connectivity index (χ4n) is 1.25. The van der Waals surface area contributed by atoms with Crippen LogP contribution in [0.25, 0.3) is 0 Å². The highest BCUT2D eigenvalue weighted by molar-refractivity contribution is 9.10. The van der Waals surface area contributed by atoms with Crippen LogP contribution in [0, 0.1) is 0 Å². The Morgan fingerprint density at radius 1 is 1.35 bits per heavy atom. The van der Waals surface area contributed by atoms with Crippen LogP contribution in [0.1, 0.15) is 12.0 Å². The minimum Gasteiger partial charge on any atom is -0.492 e. The van der Waals surface area contributed by atoms with Crippen molar-refractivity contribution in [1.82, 2.24) is 0 Å². The Labute approximate surface area is 119 Å². The van der Waals surface area contributed by atoms with Gasteiger partial charge in [0.1, 0.15) is 15.6 Å². The topological polar surface area (TPSA) is 43.4 Å². The summed E-state index contributed by atoms with van der Waals surface area (Å²) in [5, 5.41) is 0.792. The minimum absolute atomic E-state index is 0.157. The van der Waals surface area contributed by atoms with Gasteiger partial charge >= 0.3 is 0 Å². The Morgan fingerprint density at radius 2 is 2.06 bits per heavy atom. The predicted octanol–water partition coefficient (Wildman–Crippen LogP) is 3.16. The molecule has 3 nitrogen and oxygen atoms in total. The molecule has 1 aromatic carbocycles. The van der Waals surface area contributed by atoms with Gasteiger partial charge in [0.05, 0.1) is 16.8 Å². The quantitative estimate of drug-likeness (QED) is 0.558. The van der Waals surface area contributed by atoms with E-state index in [-0.39, 0.29) is 5.75 Å². The number of halogens is 2. The molecule has 0 N–H and O–H groups in total. The molecule has 0 aliphatic carbocycles. The van der Waals surface area contributed by atoms with Crippen molar-refractivity contribution >= 4 is 41.7 Å². The molecule has 17 heavy (non-hydrogen) atoms. The number of sulfone groups is 1. The van der Waals surface area contributed by atoms with Crippen molar-refractivity contribution in [2.24, 2.45) is 0 Å². The molecule has 0 fully saturated rings. The number of ether oxygens (including phenoxy) is 1. The highest BCUT2D eigenvalue weighted by atomic mass is 79.9. The van der Waals surface area contributed by atoms with E-state index >= 15 is 0 Å². The molecule has 0 spiro atoms. The third kappa shape index (κ3) is 5.88. The first-order chi connectivity index (χ1) is 7.92. The summed E-state index contributed by atoms with van der Waals surface area (Å²) in [6, 6.07) is 5.81. The fourth-order valence-corrected chi connectivity index (χ4v) is 2.78. The van der Waals surface area contributed by atoms with Crippen LogP contribution >= 0.6 is 31.9 Å². The fraction of sp³-hybridized carbons (Fsp3) is 0.455. The van der Waals surface area contributed by atoms with Crippen LogP contribution in [-0.2, 0) is 15.2 Å². The predicted molar refractivity (Wildman–Crippen MR) is 76.6 cm³/mol. The van der Waals surface area contributed by atoms with Gasteiger partial charge in [0.2, 0.25) is 0 Å². The second-order valence-corrected chi connectivity index (χ2v) is 7.41. The SMILES string of the molecule is CS(=O)(=O)CCCOc1ccc(CBr)cc1Br. The molecule has 6 heteroatoms. The third-order valence-electron chi connectivity index (χ3n) is 2.07. The van der Waals surface area contributed by atoms with Crippen LogP contribution in [0.15, 0.2) is 22.7 Å². The Balaban J connectivity index is 2.47. The smallest absolute Gasteiger partial charge is 0.147 e. The van der Waals surface area contributed by atoms with E-state index in [0.29, 0.717) is 13.0 Å². The van der Waals surface area contributed by atoms with E-state index < -0.39 is 9.84 Å². The van der Waals surface area contributed by atoms with Crippen molar-refractivity contribution in [2.75, 3.05) is 18.6 Å². The van der Waals surface area contributed by atoms with Gasteiger partial charge in [-0.2, -0.15) is 0 Å². The molecule has 0 heterocycles. The van der Waals surface area contributed by atoms with Crippen molar-refractivity contribution in [1.29, 1.82) is 0 Å². The first-order valence-corrected chi connectivity index (χ1v) is 9.05. The minimum atomic E-state index is -2.90. The van der Waals surface area contributed by atoms with E-state index in [1.54, 1.807) is 0 Å². The number of benzene rings is 1. The van der Waals surface area contributed by atoms with Crippen LogP contribution in [0.4, 0.5) is 0 Å². The van der Waals surface area contributed by atoms with Crippen molar-refractivity contribution in [2.45, 2.75) is 11.8 Å². The summed E-state index contributed by atoms with van der Waals surface area (Å²) >= 11 is 6.79. The average Bonchev–Trinajstić information content (AvgIpc) is 2.24. The van der Waals surface area contributed by atoms with Gasteiger partial charge in [-0.05, 0) is 40.0 Å². The summed E-state index contributed by atoms with van der Waals surface area (Å²) < 4.78 is 28.2. The Morgan fingerprint density at radius 3 is 2.59 bits per heavy atom. The summed E-state index contributed by atoms with van der Waals surface area (Å²) in [5.74, 6) is 0.896. The largest absolute Gasteiger partial charge is 0.492 e. The van der Waals surface area contributed by atoms with E-state index in [2.05, 4.69) is 31.9 Å². The van der Waals surface area contributed by atoms with E-state index in [9.17, 15) is 8.42 Å². The molecule has 0 unspecified atom stereocenters. The van der Waals surface area contributed by atoms with Crippen LogP contribution in [-0.4, -0.2) is 27.0 Å². The molecule has 96 valence electrons. The van der Waals surface area contributed by atoms with E-state index in [4.69, 9.17) is 4.74 Å². The summed E-state index contributed by atoms with van der Waals surface area (Å²) in [6.07, 6.45) is 1.74. The lowest BCUT2D eigenvalue weighted by Crippen LogP contribution is -2.08. The van der Waals surface area contributed by atoms with Crippen LogP contribution in [0.5, 0.6) is 5.75 Å². The zero-order chi connectivity index (χ0) is 12.9. The van der Waals surface area contributed by atoms with Gasteiger partial charge in [-0.25, -0.2) is 8.42 Å². The Bertz CT molecular complexity index is 472. The van der Waals surface area contributed by atoms with E-state index in [0.717, 1.165) is 21.1 Å². The van der Waals surface area contributed by atoms with Gasteiger partial charge in [0.25, 0.3) is 0 Å². The average molecular weight is 386 g/mol. The molecule has 0 aromatic heterocycles. The lowest BCUT2D eigenvalue weighted by Gasteiger charge is -2.08. The van der Waals surface area contributed by atoms with Crippen LogP contribution < -0.4 is 4.74 Å². The van der Waals surface area contributed by atoms with Gasteiger partial charge in [-0.3, -0.25) is 0 Å². The van der Waals surface area contributed by atoms with Crippen molar-refractivity contribution < 1.29 is 13.2 Å². The maximum Gasteiger partial charge on any atom is 0.147 e. The summed E-state index contributed by atoms with van der Waals surface area (Å²) in [5.41, 5.74) is 1.15. The number of alkyl halides is 1. The first kappa shape index (κ1) is 15.0. The normalized spacial score (nSPS) is 11.5. The highest BCUT2D eigenvalue weighted by Gasteiger charge is 2.04. The van der Waals surface area contributed by atoms with Crippen molar-refractivity contribution in [3.8, 4) is 5.75 Å². The van der Waals surface area contributed by atoms with E-state index in [1.807, 2.05) is 18.2 Å². The molecule has 0 aliphatic rings. The van der Waals surface area contributed by atoms with Gasteiger partial charge in [0, 0.05) is 11.6 Å². The molecule has 0 bridgehead atoms. The maximum absolute atomic E-state index is 10.9. The molecule has 1 aromatic rings. The highest BCUT2D eigenvalue weighted by Crippen LogP contribution is 2.26. The molecule has 0 aliphatic heterocycles. The van der Waals surface area contributed by atoms with Crippen LogP contribution in [0.3, 0.4) is 0 Å². The molecular weight excluding hydrogens is 372 g/mol.